The molecule has 0 spiro atoms. The molecular formula is C17H18N2O4S. The van der Waals surface area contributed by atoms with E-state index in [1.807, 2.05) is 0 Å². The molecule has 0 heterocycles. The van der Waals surface area contributed by atoms with Gasteiger partial charge in [0.1, 0.15) is 18.1 Å². The van der Waals surface area contributed by atoms with Gasteiger partial charge in [0, 0.05) is 0 Å². The summed E-state index contributed by atoms with van der Waals surface area (Å²) in [6, 6.07) is 13.1. The molecule has 126 valence electrons. The van der Waals surface area contributed by atoms with E-state index in [0.717, 1.165) is 5.56 Å². The van der Waals surface area contributed by atoms with Gasteiger partial charge in [0.05, 0.1) is 18.2 Å². The molecule has 6 nitrogen and oxygen atoms in total. The SMILES string of the molecule is C=CCOc1ccc(C=NNS(=O)(=O)c2ccc(OC)cc2)cc1. The third-order valence-electron chi connectivity index (χ3n) is 3.00. The number of rotatable bonds is 8. The van der Waals surface area contributed by atoms with Crippen LogP contribution in [-0.2, 0) is 10.0 Å². The first-order chi connectivity index (χ1) is 11.5. The Morgan fingerprint density at radius 3 is 2.29 bits per heavy atom. The highest BCUT2D eigenvalue weighted by Crippen LogP contribution is 2.15. The van der Waals surface area contributed by atoms with Gasteiger partial charge in [-0.25, -0.2) is 4.83 Å². The molecule has 0 saturated carbocycles. The topological polar surface area (TPSA) is 77.0 Å². The zero-order valence-corrected chi connectivity index (χ0v) is 14.0. The van der Waals surface area contributed by atoms with Gasteiger partial charge in [-0.1, -0.05) is 12.7 Å². The Morgan fingerprint density at radius 1 is 1.08 bits per heavy atom. The lowest BCUT2D eigenvalue weighted by Gasteiger charge is -2.05. The maximum absolute atomic E-state index is 12.1. The molecule has 7 heteroatoms. The lowest BCUT2D eigenvalue weighted by Crippen LogP contribution is -2.18. The summed E-state index contributed by atoms with van der Waals surface area (Å²) in [7, 11) is -2.20. The van der Waals surface area contributed by atoms with Crippen molar-refractivity contribution in [1.82, 2.24) is 4.83 Å². The van der Waals surface area contributed by atoms with E-state index in [9.17, 15) is 8.42 Å². The average Bonchev–Trinajstić information content (AvgIpc) is 2.61. The fraction of sp³-hybridized carbons (Fsp3) is 0.118. The van der Waals surface area contributed by atoms with E-state index in [1.165, 1.54) is 25.5 Å². The van der Waals surface area contributed by atoms with Gasteiger partial charge in [0.2, 0.25) is 0 Å². The highest BCUT2D eigenvalue weighted by Gasteiger charge is 2.12. The lowest BCUT2D eigenvalue weighted by atomic mass is 10.2. The van der Waals surface area contributed by atoms with Gasteiger partial charge >= 0.3 is 0 Å². The number of hydrogen-bond acceptors (Lipinski definition) is 5. The van der Waals surface area contributed by atoms with Crippen molar-refractivity contribution in [3.63, 3.8) is 0 Å². The van der Waals surface area contributed by atoms with Gasteiger partial charge in [0.15, 0.2) is 0 Å². The Labute approximate surface area is 141 Å². The van der Waals surface area contributed by atoms with Crippen LogP contribution in [0.15, 0.2) is 71.2 Å². The number of sulfonamides is 1. The van der Waals surface area contributed by atoms with Crippen LogP contribution in [-0.4, -0.2) is 28.3 Å². The first kappa shape index (κ1) is 17.6. The highest BCUT2D eigenvalue weighted by atomic mass is 32.2. The van der Waals surface area contributed by atoms with Crippen LogP contribution in [0.25, 0.3) is 0 Å². The molecule has 0 bridgehead atoms. The summed E-state index contributed by atoms with van der Waals surface area (Å²) < 4.78 is 34.6. The third-order valence-corrected chi connectivity index (χ3v) is 4.24. The molecule has 0 atom stereocenters. The van der Waals surface area contributed by atoms with Crippen LogP contribution < -0.4 is 14.3 Å². The summed E-state index contributed by atoms with van der Waals surface area (Å²) in [6.45, 7) is 4.00. The maximum Gasteiger partial charge on any atom is 0.276 e. The summed E-state index contributed by atoms with van der Waals surface area (Å²) in [5, 5.41) is 3.77. The van der Waals surface area contributed by atoms with E-state index in [0.29, 0.717) is 18.1 Å². The molecule has 0 fully saturated rings. The molecular weight excluding hydrogens is 328 g/mol. The van der Waals surface area contributed by atoms with Crippen LogP contribution in [0.5, 0.6) is 11.5 Å². The molecule has 0 radical (unpaired) electrons. The number of nitrogens with one attached hydrogen (secondary N) is 1. The molecule has 0 aliphatic heterocycles. The van der Waals surface area contributed by atoms with E-state index in [-0.39, 0.29) is 4.90 Å². The number of ether oxygens (including phenoxy) is 2. The molecule has 1 N–H and O–H groups in total. The molecule has 0 unspecified atom stereocenters. The fourth-order valence-electron chi connectivity index (χ4n) is 1.78. The van der Waals surface area contributed by atoms with Crippen LogP contribution in [0.4, 0.5) is 0 Å². The van der Waals surface area contributed by atoms with Crippen LogP contribution in [0.1, 0.15) is 5.56 Å². The van der Waals surface area contributed by atoms with Crippen molar-refractivity contribution >= 4 is 16.2 Å². The van der Waals surface area contributed by atoms with Crippen LogP contribution in [0.3, 0.4) is 0 Å². The zero-order valence-electron chi connectivity index (χ0n) is 13.2. The maximum atomic E-state index is 12.1. The van der Waals surface area contributed by atoms with Crippen molar-refractivity contribution in [3.8, 4) is 11.5 Å². The molecule has 2 aromatic rings. The van der Waals surface area contributed by atoms with Crippen LogP contribution in [0, 0.1) is 0 Å². The summed E-state index contributed by atoms with van der Waals surface area (Å²) in [6.07, 6.45) is 3.07. The fourth-order valence-corrected chi connectivity index (χ4v) is 2.57. The van der Waals surface area contributed by atoms with E-state index >= 15 is 0 Å². The van der Waals surface area contributed by atoms with Crippen molar-refractivity contribution in [2.75, 3.05) is 13.7 Å². The Bertz CT molecular complexity index is 797. The molecule has 2 aromatic carbocycles. The largest absolute Gasteiger partial charge is 0.497 e. The Morgan fingerprint density at radius 2 is 1.71 bits per heavy atom. The number of hydrogen-bond donors (Lipinski definition) is 1. The van der Waals surface area contributed by atoms with Crippen molar-refractivity contribution in [2.45, 2.75) is 4.90 Å². The van der Waals surface area contributed by atoms with Crippen molar-refractivity contribution in [2.24, 2.45) is 5.10 Å². The number of nitrogens with zero attached hydrogens (tertiary/aromatic N) is 1. The van der Waals surface area contributed by atoms with E-state index < -0.39 is 10.0 Å². The van der Waals surface area contributed by atoms with Gasteiger partial charge in [-0.15, -0.1) is 0 Å². The van der Waals surface area contributed by atoms with Gasteiger partial charge < -0.3 is 9.47 Å². The van der Waals surface area contributed by atoms with E-state index in [2.05, 4.69) is 16.5 Å². The minimum atomic E-state index is -3.71. The van der Waals surface area contributed by atoms with Crippen molar-refractivity contribution < 1.29 is 17.9 Å². The van der Waals surface area contributed by atoms with Crippen LogP contribution >= 0.6 is 0 Å². The summed E-state index contributed by atoms with van der Waals surface area (Å²) >= 11 is 0. The van der Waals surface area contributed by atoms with Crippen molar-refractivity contribution in [1.29, 1.82) is 0 Å². The van der Waals surface area contributed by atoms with Gasteiger partial charge in [-0.2, -0.15) is 13.5 Å². The Kier molecular flexibility index (Phi) is 5.97. The summed E-state index contributed by atoms with van der Waals surface area (Å²) in [5.74, 6) is 1.28. The quantitative estimate of drug-likeness (QED) is 0.453. The second-order valence-corrected chi connectivity index (χ2v) is 6.36. The summed E-state index contributed by atoms with van der Waals surface area (Å²) in [4.78, 5) is 2.27. The van der Waals surface area contributed by atoms with Gasteiger partial charge in [-0.05, 0) is 54.1 Å². The molecule has 0 aliphatic carbocycles. The number of methoxy groups -OCH3 is 1. The van der Waals surface area contributed by atoms with Crippen LogP contribution in [0.2, 0.25) is 0 Å². The molecule has 0 amide bonds. The van der Waals surface area contributed by atoms with Gasteiger partial charge in [0.25, 0.3) is 10.0 Å². The normalized spacial score (nSPS) is 11.2. The third kappa shape index (κ3) is 4.85. The Balaban J connectivity index is 2.00. The smallest absolute Gasteiger partial charge is 0.276 e. The Hall–Kier alpha value is -2.80. The molecule has 0 aromatic heterocycles. The number of hydrazone groups is 1. The standard InChI is InChI=1S/C17H18N2O4S/c1-3-12-23-16-6-4-14(5-7-16)13-18-19-24(20,21)17-10-8-15(22-2)9-11-17/h3-11,13,19H,1,12H2,2H3. The minimum absolute atomic E-state index is 0.105. The second kappa shape index (κ2) is 8.16. The molecule has 0 aliphatic rings. The molecule has 2 rings (SSSR count). The van der Waals surface area contributed by atoms with E-state index in [1.54, 1.807) is 42.5 Å². The summed E-state index contributed by atoms with van der Waals surface area (Å²) in [5.41, 5.74) is 0.735. The molecule has 24 heavy (non-hydrogen) atoms. The lowest BCUT2D eigenvalue weighted by molar-refractivity contribution is 0.363. The second-order valence-electron chi connectivity index (χ2n) is 4.70. The minimum Gasteiger partial charge on any atom is -0.497 e. The first-order valence-electron chi connectivity index (χ1n) is 7.08. The average molecular weight is 346 g/mol. The number of benzene rings is 2. The first-order valence-corrected chi connectivity index (χ1v) is 8.56. The molecule has 0 saturated heterocycles. The monoisotopic (exact) mass is 346 g/mol. The highest BCUT2D eigenvalue weighted by molar-refractivity contribution is 7.89. The zero-order chi connectivity index (χ0) is 17.4. The predicted molar refractivity (Wildman–Crippen MR) is 93.0 cm³/mol. The van der Waals surface area contributed by atoms with Crippen molar-refractivity contribution in [3.05, 3.63) is 66.7 Å². The van der Waals surface area contributed by atoms with Gasteiger partial charge in [-0.3, -0.25) is 0 Å². The van der Waals surface area contributed by atoms with E-state index in [4.69, 9.17) is 9.47 Å². The predicted octanol–water partition coefficient (Wildman–Crippen LogP) is 2.57.